The minimum atomic E-state index is 0.0346. The zero-order valence-electron chi connectivity index (χ0n) is 6.59. The molecular weight excluding hydrogens is 140 g/mol. The van der Waals surface area contributed by atoms with Crippen molar-refractivity contribution in [2.45, 2.75) is 13.8 Å². The first-order valence-corrected chi connectivity index (χ1v) is 3.39. The number of ketones is 1. The summed E-state index contributed by atoms with van der Waals surface area (Å²) in [6.45, 7) is 3.42. The van der Waals surface area contributed by atoms with Crippen molar-refractivity contribution in [3.8, 4) is 0 Å². The Bertz CT molecular complexity index is 286. The van der Waals surface area contributed by atoms with Crippen LogP contribution in [0.15, 0.2) is 12.4 Å². The highest BCUT2D eigenvalue weighted by atomic mass is 16.1. The van der Waals surface area contributed by atoms with Crippen molar-refractivity contribution >= 4 is 11.9 Å². The van der Waals surface area contributed by atoms with Crippen LogP contribution in [0.25, 0.3) is 6.08 Å². The van der Waals surface area contributed by atoms with Gasteiger partial charge in [-0.05, 0) is 26.0 Å². The first kappa shape index (κ1) is 7.72. The summed E-state index contributed by atoms with van der Waals surface area (Å²) in [5, 5.41) is 0. The smallest absolute Gasteiger partial charge is 0.152 e. The number of nitrogens with one attached hydrogen (secondary N) is 1. The van der Waals surface area contributed by atoms with Crippen LogP contribution in [0.5, 0.6) is 0 Å². The molecule has 1 aromatic heterocycles. The number of hydrogen-bond donors (Lipinski definition) is 1. The Morgan fingerprint density at radius 2 is 2.45 bits per heavy atom. The Kier molecular flexibility index (Phi) is 2.21. The van der Waals surface area contributed by atoms with Gasteiger partial charge < -0.3 is 4.98 Å². The summed E-state index contributed by atoms with van der Waals surface area (Å²) in [5.74, 6) is 0.0346. The highest BCUT2D eigenvalue weighted by Gasteiger charge is 1.94. The average molecular weight is 150 g/mol. The molecule has 1 aromatic rings. The van der Waals surface area contributed by atoms with Crippen LogP contribution in [0.4, 0.5) is 0 Å². The molecule has 0 saturated carbocycles. The van der Waals surface area contributed by atoms with Crippen LogP contribution in [-0.2, 0) is 4.79 Å². The maximum atomic E-state index is 10.5. The molecule has 0 aliphatic carbocycles. The first-order chi connectivity index (χ1) is 5.20. The molecule has 0 spiro atoms. The third-order valence-electron chi connectivity index (χ3n) is 1.34. The van der Waals surface area contributed by atoms with E-state index in [1.54, 1.807) is 12.4 Å². The maximum absolute atomic E-state index is 10.5. The Morgan fingerprint density at radius 3 is 2.91 bits per heavy atom. The Labute approximate surface area is 65.2 Å². The molecule has 3 heteroatoms. The quantitative estimate of drug-likeness (QED) is 0.646. The number of aromatic nitrogens is 2. The summed E-state index contributed by atoms with van der Waals surface area (Å²) in [4.78, 5) is 17.4. The van der Waals surface area contributed by atoms with Crippen LogP contribution in [0.3, 0.4) is 0 Å². The lowest BCUT2D eigenvalue weighted by Crippen LogP contribution is -1.81. The predicted molar refractivity (Wildman–Crippen MR) is 43.0 cm³/mol. The lowest BCUT2D eigenvalue weighted by molar-refractivity contribution is -0.112. The van der Waals surface area contributed by atoms with E-state index < -0.39 is 0 Å². The lowest BCUT2D eigenvalue weighted by Gasteiger charge is -1.85. The standard InChI is InChI=1S/C8H10N2O/c1-6(11)3-4-8-7(2)9-5-10-8/h3-5H,1-2H3,(H,9,10)/b4-3+. The van der Waals surface area contributed by atoms with Gasteiger partial charge in [0.1, 0.15) is 0 Å². The highest BCUT2D eigenvalue weighted by Crippen LogP contribution is 2.01. The summed E-state index contributed by atoms with van der Waals surface area (Å²) in [6.07, 6.45) is 4.81. The minimum Gasteiger partial charge on any atom is -0.348 e. The molecule has 1 heterocycles. The number of nitrogens with zero attached hydrogens (tertiary/aromatic N) is 1. The van der Waals surface area contributed by atoms with E-state index in [0.717, 1.165) is 11.4 Å². The minimum absolute atomic E-state index is 0.0346. The third-order valence-corrected chi connectivity index (χ3v) is 1.34. The molecule has 0 aromatic carbocycles. The highest BCUT2D eigenvalue weighted by molar-refractivity contribution is 5.91. The van der Waals surface area contributed by atoms with Crippen molar-refractivity contribution < 1.29 is 4.79 Å². The molecule has 0 saturated heterocycles. The Hall–Kier alpha value is -1.38. The number of rotatable bonds is 2. The first-order valence-electron chi connectivity index (χ1n) is 3.39. The topological polar surface area (TPSA) is 45.8 Å². The fourth-order valence-electron chi connectivity index (χ4n) is 0.734. The van der Waals surface area contributed by atoms with E-state index in [9.17, 15) is 4.79 Å². The van der Waals surface area contributed by atoms with E-state index in [1.807, 2.05) is 6.92 Å². The number of imidazole rings is 1. The Balaban J connectivity index is 2.79. The number of aromatic amines is 1. The van der Waals surface area contributed by atoms with Crippen molar-refractivity contribution in [2.24, 2.45) is 0 Å². The van der Waals surface area contributed by atoms with E-state index in [1.165, 1.54) is 13.0 Å². The van der Waals surface area contributed by atoms with Gasteiger partial charge in [0.05, 0.1) is 12.0 Å². The molecule has 1 N–H and O–H groups in total. The van der Waals surface area contributed by atoms with Crippen molar-refractivity contribution in [2.75, 3.05) is 0 Å². The number of H-pyrrole nitrogens is 1. The molecule has 0 atom stereocenters. The summed E-state index contributed by atoms with van der Waals surface area (Å²) < 4.78 is 0. The van der Waals surface area contributed by atoms with Crippen LogP contribution >= 0.6 is 0 Å². The lowest BCUT2D eigenvalue weighted by atomic mass is 10.3. The molecule has 1 rings (SSSR count). The second-order valence-corrected chi connectivity index (χ2v) is 2.36. The van der Waals surface area contributed by atoms with E-state index >= 15 is 0 Å². The van der Waals surface area contributed by atoms with Gasteiger partial charge in [-0.3, -0.25) is 4.79 Å². The van der Waals surface area contributed by atoms with Gasteiger partial charge in [-0.25, -0.2) is 4.98 Å². The SMILES string of the molecule is CC(=O)/C=C/c1nc[nH]c1C. The second-order valence-electron chi connectivity index (χ2n) is 2.36. The average Bonchev–Trinajstić information content (AvgIpc) is 2.31. The number of allylic oxidation sites excluding steroid dienone is 1. The van der Waals surface area contributed by atoms with Crippen LogP contribution in [0.1, 0.15) is 18.3 Å². The summed E-state index contributed by atoms with van der Waals surface area (Å²) in [7, 11) is 0. The molecule has 0 radical (unpaired) electrons. The van der Waals surface area contributed by atoms with Crippen LogP contribution in [0, 0.1) is 6.92 Å². The summed E-state index contributed by atoms with van der Waals surface area (Å²) in [6, 6.07) is 0. The van der Waals surface area contributed by atoms with Crippen molar-refractivity contribution in [3.05, 3.63) is 23.8 Å². The van der Waals surface area contributed by atoms with Gasteiger partial charge in [0.2, 0.25) is 0 Å². The van der Waals surface area contributed by atoms with Gasteiger partial charge in [-0.15, -0.1) is 0 Å². The molecule has 0 bridgehead atoms. The number of aryl methyl sites for hydroxylation is 1. The Morgan fingerprint density at radius 1 is 1.73 bits per heavy atom. The zero-order valence-corrected chi connectivity index (χ0v) is 6.59. The largest absolute Gasteiger partial charge is 0.348 e. The second kappa shape index (κ2) is 3.14. The predicted octanol–water partition coefficient (Wildman–Crippen LogP) is 1.32. The molecule has 11 heavy (non-hydrogen) atoms. The summed E-state index contributed by atoms with van der Waals surface area (Å²) in [5.41, 5.74) is 1.79. The molecule has 3 nitrogen and oxygen atoms in total. The maximum Gasteiger partial charge on any atom is 0.152 e. The van der Waals surface area contributed by atoms with Crippen LogP contribution < -0.4 is 0 Å². The number of carbonyl (C=O) groups is 1. The van der Waals surface area contributed by atoms with E-state index in [-0.39, 0.29) is 5.78 Å². The molecule has 0 unspecified atom stereocenters. The number of hydrogen-bond acceptors (Lipinski definition) is 2. The third kappa shape index (κ3) is 2.04. The fourth-order valence-corrected chi connectivity index (χ4v) is 0.734. The molecule has 0 aliphatic heterocycles. The van der Waals surface area contributed by atoms with Crippen LogP contribution in [-0.4, -0.2) is 15.8 Å². The van der Waals surface area contributed by atoms with Gasteiger partial charge in [0.25, 0.3) is 0 Å². The number of carbonyl (C=O) groups excluding carboxylic acids is 1. The van der Waals surface area contributed by atoms with Crippen molar-refractivity contribution in [1.82, 2.24) is 9.97 Å². The van der Waals surface area contributed by atoms with Gasteiger partial charge >= 0.3 is 0 Å². The normalized spacial score (nSPS) is 10.7. The monoisotopic (exact) mass is 150 g/mol. The fraction of sp³-hybridized carbons (Fsp3) is 0.250. The van der Waals surface area contributed by atoms with E-state index in [2.05, 4.69) is 9.97 Å². The van der Waals surface area contributed by atoms with Gasteiger partial charge in [-0.2, -0.15) is 0 Å². The molecule has 0 amide bonds. The summed E-state index contributed by atoms with van der Waals surface area (Å²) >= 11 is 0. The molecule has 0 fully saturated rings. The van der Waals surface area contributed by atoms with Crippen LogP contribution in [0.2, 0.25) is 0 Å². The molecular formula is C8H10N2O. The van der Waals surface area contributed by atoms with E-state index in [0.29, 0.717) is 0 Å². The van der Waals surface area contributed by atoms with Gasteiger partial charge in [0, 0.05) is 5.69 Å². The van der Waals surface area contributed by atoms with Gasteiger partial charge in [-0.1, -0.05) is 0 Å². The van der Waals surface area contributed by atoms with E-state index in [4.69, 9.17) is 0 Å². The van der Waals surface area contributed by atoms with Crippen molar-refractivity contribution in [3.63, 3.8) is 0 Å². The zero-order chi connectivity index (χ0) is 8.27. The molecule has 58 valence electrons. The molecule has 0 aliphatic rings. The van der Waals surface area contributed by atoms with Gasteiger partial charge in [0.15, 0.2) is 5.78 Å². The van der Waals surface area contributed by atoms with Crippen molar-refractivity contribution in [1.29, 1.82) is 0 Å².